The second-order valence-electron chi connectivity index (χ2n) is 38.1. The molecule has 0 N–H and O–H groups in total. The molecule has 21 aromatic carbocycles. The van der Waals surface area contributed by atoms with Crippen LogP contribution in [0.1, 0.15) is 25.1 Å². The van der Waals surface area contributed by atoms with Crippen LogP contribution in [0, 0.1) is 0 Å². The van der Waals surface area contributed by atoms with Gasteiger partial charge in [-0.1, -0.05) is 329 Å². The van der Waals surface area contributed by atoms with E-state index in [1.807, 2.05) is 66.7 Å². The summed E-state index contributed by atoms with van der Waals surface area (Å²) >= 11 is 1.68. The number of furan rings is 4. The van der Waals surface area contributed by atoms with Gasteiger partial charge in [-0.05, 0) is 168 Å². The quantitative estimate of drug-likeness (QED) is 0.158. The van der Waals surface area contributed by atoms with Gasteiger partial charge in [0.2, 0.25) is 5.71 Å². The molecule has 0 spiro atoms. The molecule has 0 amide bonds. The lowest BCUT2D eigenvalue weighted by Crippen LogP contribution is -2.18. The smallest absolute Gasteiger partial charge is 0.247 e. The molecule has 0 atom stereocenters. The molecule has 143 heavy (non-hydrogen) atoms. The van der Waals surface area contributed by atoms with Crippen LogP contribution in [-0.2, 0) is 5.41 Å². The summed E-state index contributed by atoms with van der Waals surface area (Å²) in [6, 6.07) is 148. The third-order valence-corrected chi connectivity index (χ3v) is 30.9. The van der Waals surface area contributed by atoms with Crippen LogP contribution >= 0.6 is 11.3 Å². The first-order chi connectivity index (χ1) is 70.7. The normalized spacial score (nSPS) is 12.7. The van der Waals surface area contributed by atoms with Gasteiger partial charge in [-0.15, -0.1) is 11.3 Å². The van der Waals surface area contributed by atoms with Crippen molar-refractivity contribution in [3.05, 3.63) is 430 Å². The molecule has 0 aliphatic heterocycles. The zero-order valence-corrected chi connectivity index (χ0v) is 77.7. The molecule has 666 valence electrons. The van der Waals surface area contributed by atoms with E-state index in [4.69, 9.17) is 47.6 Å². The molecule has 1 aliphatic rings. The minimum atomic E-state index is -0.322. The van der Waals surface area contributed by atoms with E-state index in [1.54, 1.807) is 11.3 Å². The van der Waals surface area contributed by atoms with E-state index in [0.29, 0.717) is 11.4 Å². The lowest BCUT2D eigenvalue weighted by atomic mass is 9.85. The molecule has 11 heterocycles. The predicted octanol–water partition coefficient (Wildman–Crippen LogP) is 34.9. The molecule has 0 unspecified atom stereocenters. The Morgan fingerprint density at radius 2 is 0.601 bits per heavy atom. The number of thiophene rings is 1. The minimum absolute atomic E-state index is 0.322. The summed E-state index contributed by atoms with van der Waals surface area (Å²) in [5, 5.41) is 30.0. The van der Waals surface area contributed by atoms with Gasteiger partial charge >= 0.3 is 0 Å². The molecular weight excluding hydrogens is 1770 g/mol. The lowest BCUT2D eigenvalue weighted by Gasteiger charge is -2.21. The Labute approximate surface area is 816 Å². The van der Waals surface area contributed by atoms with Crippen molar-refractivity contribution in [1.82, 2.24) is 43.6 Å². The Hall–Kier alpha value is -18.8. The fourth-order valence-corrected chi connectivity index (χ4v) is 24.4. The molecule has 33 rings (SSSR count). The van der Waals surface area contributed by atoms with E-state index in [9.17, 15) is 0 Å². The van der Waals surface area contributed by atoms with Crippen LogP contribution in [0.3, 0.4) is 0 Å². The van der Waals surface area contributed by atoms with E-state index >= 15 is 0 Å². The Bertz CT molecular complexity index is 10800. The van der Waals surface area contributed by atoms with Gasteiger partial charge in [-0.25, -0.2) is 29.9 Å². The summed E-state index contributed by atoms with van der Waals surface area (Å²) in [4.78, 5) is 34.1. The number of nitrogens with zero attached hydrogens (tertiary/aromatic N) is 9. The number of fused-ring (bicyclic) bond motifs is 36. The number of hydrogen-bond donors (Lipinski definition) is 0. The van der Waals surface area contributed by atoms with E-state index in [0.717, 1.165) is 199 Å². The van der Waals surface area contributed by atoms with Gasteiger partial charge in [0.15, 0.2) is 17.5 Å². The van der Waals surface area contributed by atoms with Gasteiger partial charge in [0.25, 0.3) is 0 Å². The largest absolute Gasteiger partial charge is 0.455 e. The summed E-state index contributed by atoms with van der Waals surface area (Å²) in [6.07, 6.45) is 0. The molecule has 0 saturated heterocycles. The minimum Gasteiger partial charge on any atom is -0.455 e. The lowest BCUT2D eigenvalue weighted by molar-refractivity contribution is 0.634. The fourth-order valence-electron chi connectivity index (χ4n) is 23.3. The van der Waals surface area contributed by atoms with Gasteiger partial charge in [0.05, 0.1) is 44.5 Å². The zero-order chi connectivity index (χ0) is 93.7. The number of para-hydroxylation sites is 7. The van der Waals surface area contributed by atoms with Gasteiger partial charge < -0.3 is 17.7 Å². The van der Waals surface area contributed by atoms with Gasteiger partial charge in [-0.2, -0.15) is 0 Å². The van der Waals surface area contributed by atoms with Gasteiger partial charge in [0.1, 0.15) is 72.0 Å². The van der Waals surface area contributed by atoms with Crippen molar-refractivity contribution in [2.75, 3.05) is 0 Å². The van der Waals surface area contributed by atoms with Crippen LogP contribution < -0.4 is 0 Å². The van der Waals surface area contributed by atoms with Gasteiger partial charge in [0, 0.05) is 113 Å². The molecular formula is C129H75N9O4S. The average molecular weight is 1850 g/mol. The number of aromatic nitrogens is 9. The summed E-state index contributed by atoms with van der Waals surface area (Å²) in [7, 11) is 0. The second kappa shape index (κ2) is 30.1. The van der Waals surface area contributed by atoms with E-state index in [-0.39, 0.29) is 5.41 Å². The predicted molar refractivity (Wildman–Crippen MR) is 590 cm³/mol. The molecule has 14 heteroatoms. The standard InChI is InChI=1S/C45H29N3O.C42H23N3O2.C42H23N3OS/c1-45(2)36-20-9-7-17-33(36)39-43(45)46-40(34-19-11-18-32-30-16-8-10-21-38(30)49-42(32)34)44(47-39)48-37-25-28-14-4-3-13-27(28)24-35(37)31-23-22-26-12-5-6-15-29(26)41(31)48;2*1-2-12-26-23-34-32(22-25(26)11-1)37-27-13-4-3-10-24(27)20-21-33(37)45(34)41-38(44-42-39(43-41)30-15-6-8-19-36(30)47-42)31-17-9-16-29-28-14-5-7-18-35(28)46-40(29)31/h3-25H,1-2H3;2*1-23H. The first kappa shape index (κ1) is 79.3. The van der Waals surface area contributed by atoms with Crippen molar-refractivity contribution in [2.24, 2.45) is 0 Å². The topological polar surface area (TPSA) is 145 Å². The van der Waals surface area contributed by atoms with Crippen LogP contribution in [0.5, 0.6) is 0 Å². The Morgan fingerprint density at radius 1 is 0.231 bits per heavy atom. The highest BCUT2D eigenvalue weighted by atomic mass is 32.1. The summed E-state index contributed by atoms with van der Waals surface area (Å²) in [5.74, 6) is 2.31. The third-order valence-electron chi connectivity index (χ3n) is 29.9. The van der Waals surface area contributed by atoms with Crippen molar-refractivity contribution in [3.63, 3.8) is 0 Å². The van der Waals surface area contributed by atoms with Crippen LogP contribution in [0.15, 0.2) is 436 Å². The monoisotopic (exact) mass is 1850 g/mol. The highest BCUT2D eigenvalue weighted by molar-refractivity contribution is 7.25. The van der Waals surface area contributed by atoms with Crippen LogP contribution in [-0.4, -0.2) is 43.6 Å². The maximum Gasteiger partial charge on any atom is 0.247 e. The summed E-state index contributed by atoms with van der Waals surface area (Å²) in [6.45, 7) is 4.52. The van der Waals surface area contributed by atoms with Crippen LogP contribution in [0.25, 0.3) is 301 Å². The summed E-state index contributed by atoms with van der Waals surface area (Å²) in [5.41, 5.74) is 23.4. The molecule has 1 aliphatic carbocycles. The van der Waals surface area contributed by atoms with Gasteiger partial charge in [-0.3, -0.25) is 13.7 Å². The Morgan fingerprint density at radius 3 is 1.13 bits per heavy atom. The van der Waals surface area contributed by atoms with Crippen molar-refractivity contribution >= 4 is 250 Å². The number of rotatable bonds is 6. The highest BCUT2D eigenvalue weighted by Crippen LogP contribution is 2.53. The summed E-state index contributed by atoms with van der Waals surface area (Å²) < 4.78 is 34.3. The van der Waals surface area contributed by atoms with Crippen molar-refractivity contribution in [2.45, 2.75) is 19.3 Å². The molecule has 32 aromatic rings. The maximum atomic E-state index is 6.67. The molecule has 0 fully saturated rings. The molecule has 13 nitrogen and oxygen atoms in total. The first-order valence-electron chi connectivity index (χ1n) is 48.3. The molecule has 0 bridgehead atoms. The Kier molecular flexibility index (Phi) is 16.7. The number of benzene rings is 21. The average Bonchev–Trinajstić information content (AvgIpc) is 1.24. The maximum absolute atomic E-state index is 6.67. The fraction of sp³-hybridized carbons (Fsp3) is 0.0233. The number of hydrogen-bond acceptors (Lipinski definition) is 11. The molecule has 0 saturated carbocycles. The van der Waals surface area contributed by atoms with E-state index < -0.39 is 0 Å². The SMILES string of the molecule is CC1(C)c2ccccc2-c2nc(-n3c4cc5ccccc5cc4c4ccc5ccccc5c43)c(-c3cccc4c3oc3ccccc34)nc21.c1ccc2cc3c(cc2c1)c1c2ccccc2ccc1n3-c1nc2c(nc1-c1cccc3c1oc1ccccc13)oc1ccccc12.c1ccc2cc3c(cc2c1)c1c2ccccc2ccc1n3-c1nc2c(nc1-c1cccc3c1oc1ccccc13)sc1ccccc12. The zero-order valence-electron chi connectivity index (χ0n) is 76.9. The first-order valence-corrected chi connectivity index (χ1v) is 49.2. The van der Waals surface area contributed by atoms with E-state index in [2.05, 4.69) is 379 Å². The van der Waals surface area contributed by atoms with Crippen molar-refractivity contribution in [3.8, 4) is 62.5 Å². The third kappa shape index (κ3) is 11.7. The second-order valence-corrected chi connectivity index (χ2v) is 39.1. The molecule has 0 radical (unpaired) electrons. The van der Waals surface area contributed by atoms with Crippen molar-refractivity contribution in [1.29, 1.82) is 0 Å². The highest BCUT2D eigenvalue weighted by Gasteiger charge is 2.41. The van der Waals surface area contributed by atoms with Crippen LogP contribution in [0.2, 0.25) is 0 Å². The molecule has 11 aromatic heterocycles. The Balaban J connectivity index is 0.0000000981. The van der Waals surface area contributed by atoms with E-state index in [1.165, 1.54) is 102 Å². The van der Waals surface area contributed by atoms with Crippen LogP contribution in [0.4, 0.5) is 0 Å². The van der Waals surface area contributed by atoms with Crippen molar-refractivity contribution < 1.29 is 17.7 Å².